The summed E-state index contributed by atoms with van der Waals surface area (Å²) in [5.74, 6) is 1.22. The Hall–Kier alpha value is -3.75. The second-order valence-corrected chi connectivity index (χ2v) is 9.91. The SMILES string of the molecule is COc1ccc(C(=O)N(Cc2cc(NC(=O)c3ccc(OC)c(OC)c3)ccc2Cl)C2CCCCC2N)cc1. The number of carbonyl (C=O) groups excluding carboxylic acids is 2. The molecule has 4 rings (SSSR count). The van der Waals surface area contributed by atoms with Gasteiger partial charge in [0.2, 0.25) is 0 Å². The Morgan fingerprint density at radius 3 is 2.26 bits per heavy atom. The minimum Gasteiger partial charge on any atom is -0.497 e. The topological polar surface area (TPSA) is 103 Å². The van der Waals surface area contributed by atoms with E-state index in [-0.39, 0.29) is 30.4 Å². The van der Waals surface area contributed by atoms with E-state index in [9.17, 15) is 9.59 Å². The van der Waals surface area contributed by atoms with E-state index in [0.29, 0.717) is 44.6 Å². The van der Waals surface area contributed by atoms with Crippen molar-refractivity contribution in [2.24, 2.45) is 5.73 Å². The molecular weight excluding hydrogens is 518 g/mol. The average molecular weight is 552 g/mol. The van der Waals surface area contributed by atoms with Crippen molar-refractivity contribution < 1.29 is 23.8 Å². The summed E-state index contributed by atoms with van der Waals surface area (Å²) >= 11 is 6.60. The van der Waals surface area contributed by atoms with Gasteiger partial charge in [0, 0.05) is 40.5 Å². The van der Waals surface area contributed by atoms with Crippen molar-refractivity contribution in [3.63, 3.8) is 0 Å². The lowest BCUT2D eigenvalue weighted by atomic mass is 9.89. The predicted octanol–water partition coefficient (Wildman–Crippen LogP) is 5.53. The van der Waals surface area contributed by atoms with Crippen molar-refractivity contribution in [2.45, 2.75) is 44.3 Å². The summed E-state index contributed by atoms with van der Waals surface area (Å²) in [6, 6.07) is 17.0. The zero-order valence-electron chi connectivity index (χ0n) is 22.4. The van der Waals surface area contributed by atoms with Gasteiger partial charge < -0.3 is 30.2 Å². The van der Waals surface area contributed by atoms with Crippen LogP contribution in [0.25, 0.3) is 0 Å². The van der Waals surface area contributed by atoms with Crippen LogP contribution in [0.15, 0.2) is 60.7 Å². The van der Waals surface area contributed by atoms with Crippen molar-refractivity contribution in [3.8, 4) is 17.2 Å². The molecule has 0 radical (unpaired) electrons. The quantitative estimate of drug-likeness (QED) is 0.362. The summed E-state index contributed by atoms with van der Waals surface area (Å²) in [6.07, 6.45) is 3.71. The van der Waals surface area contributed by atoms with Gasteiger partial charge in [-0.2, -0.15) is 0 Å². The molecule has 2 amide bonds. The average Bonchev–Trinajstić information content (AvgIpc) is 2.97. The Morgan fingerprint density at radius 2 is 1.59 bits per heavy atom. The fourth-order valence-electron chi connectivity index (χ4n) is 4.90. The van der Waals surface area contributed by atoms with E-state index < -0.39 is 0 Å². The lowest BCUT2D eigenvalue weighted by Gasteiger charge is -2.38. The van der Waals surface area contributed by atoms with E-state index in [1.165, 1.54) is 14.2 Å². The first kappa shape index (κ1) is 28.3. The number of nitrogens with one attached hydrogen (secondary N) is 1. The summed E-state index contributed by atoms with van der Waals surface area (Å²) in [6.45, 7) is 0.252. The molecule has 3 aromatic carbocycles. The van der Waals surface area contributed by atoms with Crippen LogP contribution >= 0.6 is 11.6 Å². The van der Waals surface area contributed by atoms with Gasteiger partial charge in [0.05, 0.1) is 21.3 Å². The van der Waals surface area contributed by atoms with Gasteiger partial charge in [0.25, 0.3) is 11.8 Å². The number of anilines is 1. The Morgan fingerprint density at radius 1 is 0.897 bits per heavy atom. The molecule has 3 N–H and O–H groups in total. The number of amides is 2. The lowest BCUT2D eigenvalue weighted by molar-refractivity contribution is 0.0583. The molecule has 0 saturated heterocycles. The number of ether oxygens (including phenoxy) is 3. The molecule has 0 aromatic heterocycles. The monoisotopic (exact) mass is 551 g/mol. The van der Waals surface area contributed by atoms with Gasteiger partial charge in [-0.3, -0.25) is 9.59 Å². The molecular formula is C30H34ClN3O5. The van der Waals surface area contributed by atoms with Crippen molar-refractivity contribution in [2.75, 3.05) is 26.6 Å². The van der Waals surface area contributed by atoms with Crippen LogP contribution in [-0.4, -0.2) is 50.1 Å². The van der Waals surface area contributed by atoms with E-state index in [0.717, 1.165) is 25.7 Å². The fraction of sp³-hybridized carbons (Fsp3) is 0.333. The molecule has 9 heteroatoms. The van der Waals surface area contributed by atoms with Crippen LogP contribution in [0.2, 0.25) is 5.02 Å². The third-order valence-corrected chi connectivity index (χ3v) is 7.44. The molecule has 1 aliphatic carbocycles. The molecule has 1 saturated carbocycles. The van der Waals surface area contributed by atoms with Gasteiger partial charge in [-0.05, 0) is 79.1 Å². The number of hydrogen-bond acceptors (Lipinski definition) is 6. The van der Waals surface area contributed by atoms with Gasteiger partial charge in [-0.25, -0.2) is 0 Å². The highest BCUT2D eigenvalue weighted by Gasteiger charge is 2.32. The number of hydrogen-bond donors (Lipinski definition) is 2. The molecule has 0 bridgehead atoms. The van der Waals surface area contributed by atoms with Crippen LogP contribution in [0.3, 0.4) is 0 Å². The number of benzene rings is 3. The van der Waals surface area contributed by atoms with Crippen molar-refractivity contribution in [3.05, 3.63) is 82.4 Å². The maximum Gasteiger partial charge on any atom is 0.255 e. The molecule has 8 nitrogen and oxygen atoms in total. The zero-order valence-corrected chi connectivity index (χ0v) is 23.2. The number of nitrogens with two attached hydrogens (primary N) is 1. The molecule has 1 fully saturated rings. The highest BCUT2D eigenvalue weighted by molar-refractivity contribution is 6.31. The molecule has 206 valence electrons. The van der Waals surface area contributed by atoms with Crippen LogP contribution in [0, 0.1) is 0 Å². The van der Waals surface area contributed by atoms with Gasteiger partial charge in [0.15, 0.2) is 11.5 Å². The Labute approximate surface area is 234 Å². The molecule has 39 heavy (non-hydrogen) atoms. The summed E-state index contributed by atoms with van der Waals surface area (Å²) in [4.78, 5) is 28.6. The molecule has 0 spiro atoms. The standard InChI is InChI=1S/C30H34ClN3O5/c1-37-23-12-8-19(9-13-23)30(36)34(26-7-5-4-6-25(26)32)18-21-16-22(11-14-24(21)31)33-29(35)20-10-15-27(38-2)28(17-20)39-3/h8-17,25-26H,4-7,18,32H2,1-3H3,(H,33,35). The summed E-state index contributed by atoms with van der Waals surface area (Å²) in [5.41, 5.74) is 8.73. The Kier molecular flexibility index (Phi) is 9.32. The van der Waals surface area contributed by atoms with Crippen LogP contribution in [0.1, 0.15) is 52.0 Å². The summed E-state index contributed by atoms with van der Waals surface area (Å²) in [7, 11) is 4.64. The second-order valence-electron chi connectivity index (χ2n) is 9.51. The molecule has 0 heterocycles. The van der Waals surface area contributed by atoms with Gasteiger partial charge in [-0.1, -0.05) is 24.4 Å². The van der Waals surface area contributed by atoms with E-state index in [2.05, 4.69) is 5.32 Å². The maximum atomic E-state index is 13.8. The molecule has 2 unspecified atom stereocenters. The first-order valence-electron chi connectivity index (χ1n) is 12.9. The highest BCUT2D eigenvalue weighted by atomic mass is 35.5. The highest BCUT2D eigenvalue weighted by Crippen LogP contribution is 2.30. The van der Waals surface area contributed by atoms with Gasteiger partial charge in [-0.15, -0.1) is 0 Å². The van der Waals surface area contributed by atoms with Crippen LogP contribution < -0.4 is 25.3 Å². The number of methoxy groups -OCH3 is 3. The zero-order chi connectivity index (χ0) is 27.9. The lowest BCUT2D eigenvalue weighted by Crippen LogP contribution is -2.51. The van der Waals surface area contributed by atoms with Crippen molar-refractivity contribution in [1.29, 1.82) is 0 Å². The molecule has 2 atom stereocenters. The molecule has 3 aromatic rings. The maximum absolute atomic E-state index is 13.8. The second kappa shape index (κ2) is 12.9. The third-order valence-electron chi connectivity index (χ3n) is 7.07. The van der Waals surface area contributed by atoms with Crippen LogP contribution in [0.5, 0.6) is 17.2 Å². The van der Waals surface area contributed by atoms with Crippen LogP contribution in [0.4, 0.5) is 5.69 Å². The summed E-state index contributed by atoms with van der Waals surface area (Å²) in [5, 5.41) is 3.41. The van der Waals surface area contributed by atoms with E-state index in [4.69, 9.17) is 31.5 Å². The van der Waals surface area contributed by atoms with Gasteiger partial charge >= 0.3 is 0 Å². The van der Waals surface area contributed by atoms with Crippen molar-refractivity contribution in [1.82, 2.24) is 4.90 Å². The first-order chi connectivity index (χ1) is 18.8. The van der Waals surface area contributed by atoms with E-state index in [1.807, 2.05) is 4.90 Å². The Bertz CT molecular complexity index is 1310. The number of nitrogens with zero attached hydrogens (tertiary/aromatic N) is 1. The van der Waals surface area contributed by atoms with E-state index in [1.54, 1.807) is 67.8 Å². The predicted molar refractivity (Wildman–Crippen MR) is 152 cm³/mol. The molecule has 0 aliphatic heterocycles. The fourth-order valence-corrected chi connectivity index (χ4v) is 5.08. The first-order valence-corrected chi connectivity index (χ1v) is 13.2. The minimum atomic E-state index is -0.315. The molecule has 1 aliphatic rings. The third kappa shape index (κ3) is 6.64. The normalized spacial score (nSPS) is 16.7. The summed E-state index contributed by atoms with van der Waals surface area (Å²) < 4.78 is 15.8. The minimum absolute atomic E-state index is 0.129. The van der Waals surface area contributed by atoms with Crippen molar-refractivity contribution >= 4 is 29.1 Å². The Balaban J connectivity index is 1.59. The number of carbonyl (C=O) groups is 2. The van der Waals surface area contributed by atoms with Gasteiger partial charge in [0.1, 0.15) is 5.75 Å². The number of halogens is 1. The largest absolute Gasteiger partial charge is 0.497 e. The smallest absolute Gasteiger partial charge is 0.255 e. The van der Waals surface area contributed by atoms with Crippen LogP contribution in [-0.2, 0) is 6.54 Å². The number of rotatable bonds is 9. The van der Waals surface area contributed by atoms with E-state index >= 15 is 0 Å².